The number of aliphatic imine (C=N–C) groups is 2. The van der Waals surface area contributed by atoms with Gasteiger partial charge in [0.1, 0.15) is 22.8 Å². The van der Waals surface area contributed by atoms with Crippen molar-refractivity contribution in [2.24, 2.45) is 9.98 Å². The van der Waals surface area contributed by atoms with Crippen LogP contribution in [-0.2, 0) is 0 Å². The summed E-state index contributed by atoms with van der Waals surface area (Å²) in [5, 5.41) is 23.6. The first-order chi connectivity index (χ1) is 18.0. The van der Waals surface area contributed by atoms with Crippen LogP contribution < -0.4 is 21.3 Å². The first-order valence-corrected chi connectivity index (χ1v) is 11.7. The molecule has 0 unspecified atom stereocenters. The van der Waals surface area contributed by atoms with Crippen molar-refractivity contribution in [3.63, 3.8) is 0 Å². The third kappa shape index (κ3) is 5.15. The van der Waals surface area contributed by atoms with Crippen LogP contribution in [0.25, 0.3) is 0 Å². The van der Waals surface area contributed by atoms with Gasteiger partial charge < -0.3 is 21.3 Å². The van der Waals surface area contributed by atoms with Crippen LogP contribution in [0, 0.1) is 10.1 Å². The van der Waals surface area contributed by atoms with Gasteiger partial charge in [0, 0.05) is 35.6 Å². The highest BCUT2D eigenvalue weighted by atomic mass is 16.6. The Hall–Kier alpha value is -5.06. The minimum Gasteiger partial charge on any atom is -0.368 e. The zero-order valence-electron chi connectivity index (χ0n) is 19.7. The van der Waals surface area contributed by atoms with Gasteiger partial charge >= 0.3 is 0 Å². The highest BCUT2D eigenvalue weighted by Crippen LogP contribution is 2.26. The Labute approximate surface area is 211 Å². The van der Waals surface area contributed by atoms with Crippen molar-refractivity contribution in [3.05, 3.63) is 99.1 Å². The summed E-state index contributed by atoms with van der Waals surface area (Å²) in [5.41, 5.74) is 1.66. The zero-order chi connectivity index (χ0) is 25.8. The quantitative estimate of drug-likeness (QED) is 0.291. The van der Waals surface area contributed by atoms with Crippen molar-refractivity contribution in [1.82, 2.24) is 10.6 Å². The van der Waals surface area contributed by atoms with Crippen molar-refractivity contribution < 1.29 is 14.5 Å². The van der Waals surface area contributed by atoms with Crippen LogP contribution in [0.2, 0.25) is 0 Å². The molecule has 186 valence electrons. The number of amides is 2. The molecule has 0 aromatic heterocycles. The topological polar surface area (TPSA) is 150 Å². The smallest absolute Gasteiger partial charge is 0.294 e. The number of nitro benzene ring substituents is 1. The van der Waals surface area contributed by atoms with Gasteiger partial charge in [0.15, 0.2) is 0 Å². The van der Waals surface area contributed by atoms with E-state index in [1.54, 1.807) is 48.5 Å². The Morgan fingerprint density at radius 2 is 1.16 bits per heavy atom. The number of nitro groups is 1. The van der Waals surface area contributed by atoms with Gasteiger partial charge in [-0.2, -0.15) is 0 Å². The van der Waals surface area contributed by atoms with E-state index in [1.165, 1.54) is 18.2 Å². The molecule has 5 rings (SSSR count). The van der Waals surface area contributed by atoms with E-state index in [4.69, 9.17) is 0 Å². The van der Waals surface area contributed by atoms with Crippen LogP contribution in [0.5, 0.6) is 0 Å². The second kappa shape index (κ2) is 10.3. The van der Waals surface area contributed by atoms with E-state index in [0.717, 1.165) is 35.9 Å². The van der Waals surface area contributed by atoms with E-state index in [1.807, 2.05) is 0 Å². The monoisotopic (exact) mass is 497 g/mol. The zero-order valence-corrected chi connectivity index (χ0v) is 19.7. The van der Waals surface area contributed by atoms with E-state index in [-0.39, 0.29) is 11.1 Å². The largest absolute Gasteiger partial charge is 0.368 e. The number of para-hydroxylation sites is 1. The Bertz CT molecular complexity index is 1330. The van der Waals surface area contributed by atoms with Crippen LogP contribution in [0.1, 0.15) is 31.8 Å². The van der Waals surface area contributed by atoms with E-state index >= 15 is 0 Å². The molecule has 0 saturated carbocycles. The van der Waals surface area contributed by atoms with E-state index in [9.17, 15) is 19.7 Å². The molecule has 4 N–H and O–H groups in total. The molecule has 11 nitrogen and oxygen atoms in total. The Kier molecular flexibility index (Phi) is 6.58. The van der Waals surface area contributed by atoms with Gasteiger partial charge in [-0.1, -0.05) is 6.07 Å². The van der Waals surface area contributed by atoms with Crippen molar-refractivity contribution >= 4 is 40.5 Å². The minimum absolute atomic E-state index is 0.218. The lowest BCUT2D eigenvalue weighted by Crippen LogP contribution is -2.20. The predicted octanol–water partition coefficient (Wildman–Crippen LogP) is 2.80. The van der Waals surface area contributed by atoms with Gasteiger partial charge in [-0.15, -0.1) is 0 Å². The summed E-state index contributed by atoms with van der Waals surface area (Å²) in [6.45, 7) is 2.97. The summed E-state index contributed by atoms with van der Waals surface area (Å²) in [6, 6.07) is 18.0. The van der Waals surface area contributed by atoms with E-state index < -0.39 is 22.4 Å². The molecule has 2 heterocycles. The van der Waals surface area contributed by atoms with E-state index in [0.29, 0.717) is 24.5 Å². The first kappa shape index (κ1) is 23.7. The van der Waals surface area contributed by atoms with Crippen molar-refractivity contribution in [2.45, 2.75) is 0 Å². The lowest BCUT2D eigenvalue weighted by atomic mass is 10.1. The Morgan fingerprint density at radius 1 is 0.730 bits per heavy atom. The van der Waals surface area contributed by atoms with Gasteiger partial charge in [0.25, 0.3) is 17.5 Å². The van der Waals surface area contributed by atoms with Crippen LogP contribution in [0.4, 0.5) is 17.1 Å². The molecule has 0 bridgehead atoms. The number of hydrogen-bond acceptors (Lipinski definition) is 8. The first-order valence-electron chi connectivity index (χ1n) is 11.7. The molecular formula is C26H23N7O4. The van der Waals surface area contributed by atoms with Gasteiger partial charge in [-0.3, -0.25) is 29.7 Å². The molecule has 2 amide bonds. The van der Waals surface area contributed by atoms with Gasteiger partial charge in [-0.25, -0.2) is 0 Å². The molecule has 0 radical (unpaired) electrons. The number of nitrogens with zero attached hydrogens (tertiary/aromatic N) is 3. The SMILES string of the molecule is O=C(Nc1ccc(C2=NCCN2)cc1)c1cccc(C(=O)Nc2ccc(C3=NCCN3)cc2)c1[N+](=O)[O-]. The number of benzene rings is 3. The maximum atomic E-state index is 13.0. The number of rotatable bonds is 7. The summed E-state index contributed by atoms with van der Waals surface area (Å²) in [4.78, 5) is 45.9. The maximum Gasteiger partial charge on any atom is 0.294 e. The predicted molar refractivity (Wildman–Crippen MR) is 141 cm³/mol. The molecular weight excluding hydrogens is 474 g/mol. The molecule has 2 aliphatic rings. The summed E-state index contributed by atoms with van der Waals surface area (Å²) < 4.78 is 0. The number of carbonyl (C=O) groups is 2. The molecule has 0 saturated heterocycles. The van der Waals surface area contributed by atoms with Crippen LogP contribution in [0.15, 0.2) is 76.7 Å². The maximum absolute atomic E-state index is 13.0. The Morgan fingerprint density at radius 3 is 1.51 bits per heavy atom. The van der Waals surface area contributed by atoms with Crippen molar-refractivity contribution in [1.29, 1.82) is 0 Å². The van der Waals surface area contributed by atoms with Crippen LogP contribution in [-0.4, -0.2) is 54.6 Å². The van der Waals surface area contributed by atoms with Crippen LogP contribution >= 0.6 is 0 Å². The van der Waals surface area contributed by atoms with Gasteiger partial charge in [0.2, 0.25) is 0 Å². The van der Waals surface area contributed by atoms with Crippen molar-refractivity contribution in [3.8, 4) is 0 Å². The minimum atomic E-state index is -0.718. The molecule has 0 fully saturated rings. The molecule has 3 aromatic rings. The molecule has 0 atom stereocenters. The summed E-state index contributed by atoms with van der Waals surface area (Å²) >= 11 is 0. The summed E-state index contributed by atoms with van der Waals surface area (Å²) in [5.74, 6) is 0.177. The average Bonchev–Trinajstić information content (AvgIpc) is 3.64. The fourth-order valence-corrected chi connectivity index (χ4v) is 4.11. The molecule has 0 spiro atoms. The molecule has 0 aliphatic carbocycles. The molecule has 11 heteroatoms. The van der Waals surface area contributed by atoms with Crippen LogP contribution in [0.3, 0.4) is 0 Å². The summed E-state index contributed by atoms with van der Waals surface area (Å²) in [7, 11) is 0. The lowest BCUT2D eigenvalue weighted by Gasteiger charge is -2.11. The number of carbonyl (C=O) groups excluding carboxylic acids is 2. The number of hydrogen-bond donors (Lipinski definition) is 4. The Balaban J connectivity index is 1.33. The molecule has 37 heavy (non-hydrogen) atoms. The standard InChI is InChI=1S/C26H23N7O4/c34-25(31-18-8-4-16(5-9-18)23-27-12-13-28-23)20-2-1-3-21(22(20)33(36)37)26(35)32-19-10-6-17(7-11-19)24-29-14-15-30-24/h1-11H,12-15H2,(H,27,28)(H,29,30)(H,31,34)(H,32,35). The summed E-state index contributed by atoms with van der Waals surface area (Å²) in [6.07, 6.45) is 0. The van der Waals surface area contributed by atoms with Crippen molar-refractivity contribution in [2.75, 3.05) is 36.8 Å². The van der Waals surface area contributed by atoms with E-state index in [2.05, 4.69) is 31.3 Å². The number of nitrogens with one attached hydrogen (secondary N) is 4. The second-order valence-electron chi connectivity index (χ2n) is 8.34. The second-order valence-corrected chi connectivity index (χ2v) is 8.34. The fraction of sp³-hybridized carbons (Fsp3) is 0.154. The normalized spacial score (nSPS) is 14.2. The lowest BCUT2D eigenvalue weighted by molar-refractivity contribution is -0.385. The molecule has 2 aliphatic heterocycles. The fourth-order valence-electron chi connectivity index (χ4n) is 4.11. The number of anilines is 2. The van der Waals surface area contributed by atoms with Gasteiger partial charge in [0.05, 0.1) is 18.0 Å². The van der Waals surface area contributed by atoms with Gasteiger partial charge in [-0.05, 0) is 60.7 Å². The highest BCUT2D eigenvalue weighted by Gasteiger charge is 2.28. The highest BCUT2D eigenvalue weighted by molar-refractivity contribution is 6.13. The third-order valence-corrected chi connectivity index (χ3v) is 5.89. The molecule has 3 aromatic carbocycles. The third-order valence-electron chi connectivity index (χ3n) is 5.89. The number of amidine groups is 2. The average molecular weight is 498 g/mol.